The lowest BCUT2D eigenvalue weighted by Gasteiger charge is -2.06. The Kier molecular flexibility index (Phi) is 2.69. The van der Waals surface area contributed by atoms with Gasteiger partial charge in [0.05, 0.1) is 7.11 Å². The lowest BCUT2D eigenvalue weighted by Crippen LogP contribution is -1.89. The highest BCUT2D eigenvalue weighted by Gasteiger charge is 2.07. The van der Waals surface area contributed by atoms with Crippen LogP contribution in [0.2, 0.25) is 0 Å². The van der Waals surface area contributed by atoms with Crippen molar-refractivity contribution in [2.24, 2.45) is 0 Å². The van der Waals surface area contributed by atoms with Gasteiger partial charge in [-0.25, -0.2) is 0 Å². The number of carbonyl (C=O) groups is 1. The molecule has 1 rings (SSSR count). The van der Waals surface area contributed by atoms with Crippen molar-refractivity contribution < 1.29 is 14.6 Å². The summed E-state index contributed by atoms with van der Waals surface area (Å²) in [7, 11) is 1.43. The molecule has 3 heteroatoms. The number of aldehydes is 1. The van der Waals surface area contributed by atoms with Gasteiger partial charge >= 0.3 is 0 Å². The molecule has 0 atom stereocenters. The second-order valence-corrected chi connectivity index (χ2v) is 2.48. The molecule has 0 aliphatic rings. The van der Waals surface area contributed by atoms with Gasteiger partial charge in [0, 0.05) is 11.1 Å². The molecule has 0 aromatic heterocycles. The first-order chi connectivity index (χ1) is 6.22. The first-order valence-electron chi connectivity index (χ1n) is 3.71. The van der Waals surface area contributed by atoms with E-state index in [1.807, 2.05) is 0 Å². The molecule has 13 heavy (non-hydrogen) atoms. The molecule has 0 fully saturated rings. The normalized spacial score (nSPS) is 9.31. The van der Waals surface area contributed by atoms with Crippen LogP contribution in [0.5, 0.6) is 11.5 Å². The molecule has 1 aromatic carbocycles. The third kappa shape index (κ3) is 1.69. The van der Waals surface area contributed by atoms with Crippen LogP contribution in [0.4, 0.5) is 0 Å². The standard InChI is InChI=1S/C10H10O3/c1-3-8-4-7(6-11)5-9(13-2)10(8)12/h3-6,12H,1H2,2H3. The van der Waals surface area contributed by atoms with Gasteiger partial charge < -0.3 is 9.84 Å². The first-order valence-corrected chi connectivity index (χ1v) is 3.71. The summed E-state index contributed by atoms with van der Waals surface area (Å²) in [4.78, 5) is 10.5. The molecule has 0 heterocycles. The number of aromatic hydroxyl groups is 1. The Morgan fingerprint density at radius 1 is 1.54 bits per heavy atom. The summed E-state index contributed by atoms with van der Waals surface area (Å²) < 4.78 is 4.87. The summed E-state index contributed by atoms with van der Waals surface area (Å²) in [6.07, 6.45) is 2.15. The van der Waals surface area contributed by atoms with Crippen LogP contribution >= 0.6 is 0 Å². The molecule has 0 unspecified atom stereocenters. The van der Waals surface area contributed by atoms with Crippen molar-refractivity contribution in [1.82, 2.24) is 0 Å². The lowest BCUT2D eigenvalue weighted by molar-refractivity contribution is 0.112. The van der Waals surface area contributed by atoms with E-state index < -0.39 is 0 Å². The van der Waals surface area contributed by atoms with Gasteiger partial charge in [0.2, 0.25) is 0 Å². The van der Waals surface area contributed by atoms with E-state index in [-0.39, 0.29) is 11.5 Å². The number of ether oxygens (including phenoxy) is 1. The zero-order valence-corrected chi connectivity index (χ0v) is 7.28. The number of hydrogen-bond donors (Lipinski definition) is 1. The van der Waals surface area contributed by atoms with Crippen molar-refractivity contribution in [3.8, 4) is 11.5 Å². The number of rotatable bonds is 3. The second kappa shape index (κ2) is 3.76. The maximum absolute atomic E-state index is 10.5. The van der Waals surface area contributed by atoms with Crippen molar-refractivity contribution in [2.45, 2.75) is 0 Å². The molecule has 0 aliphatic heterocycles. The molecule has 1 N–H and O–H groups in total. The van der Waals surface area contributed by atoms with Gasteiger partial charge in [0.25, 0.3) is 0 Å². The van der Waals surface area contributed by atoms with Crippen LogP contribution in [-0.4, -0.2) is 18.5 Å². The molecular formula is C10H10O3. The van der Waals surface area contributed by atoms with E-state index in [0.717, 1.165) is 0 Å². The zero-order valence-electron chi connectivity index (χ0n) is 7.28. The van der Waals surface area contributed by atoms with Crippen molar-refractivity contribution in [1.29, 1.82) is 0 Å². The number of phenolic OH excluding ortho intramolecular Hbond substituents is 1. The van der Waals surface area contributed by atoms with E-state index in [1.165, 1.54) is 25.3 Å². The minimum absolute atomic E-state index is 0.00287. The third-order valence-corrected chi connectivity index (χ3v) is 1.70. The summed E-state index contributed by atoms with van der Waals surface area (Å²) in [5.41, 5.74) is 0.936. The van der Waals surface area contributed by atoms with Crippen molar-refractivity contribution >= 4 is 12.4 Å². The third-order valence-electron chi connectivity index (χ3n) is 1.70. The Balaban J connectivity index is 3.36. The molecule has 0 aliphatic carbocycles. The Morgan fingerprint density at radius 3 is 2.69 bits per heavy atom. The number of phenols is 1. The average molecular weight is 178 g/mol. The first kappa shape index (κ1) is 9.32. The molecule has 1 aromatic rings. The SMILES string of the molecule is C=Cc1cc(C=O)cc(OC)c1O. The largest absolute Gasteiger partial charge is 0.504 e. The van der Waals surface area contributed by atoms with Gasteiger partial charge in [-0.3, -0.25) is 4.79 Å². The monoisotopic (exact) mass is 178 g/mol. The quantitative estimate of drug-likeness (QED) is 0.718. The number of benzene rings is 1. The highest BCUT2D eigenvalue weighted by molar-refractivity contribution is 5.79. The smallest absolute Gasteiger partial charge is 0.165 e. The molecule has 0 bridgehead atoms. The van der Waals surface area contributed by atoms with Crippen molar-refractivity contribution in [2.75, 3.05) is 7.11 Å². The minimum Gasteiger partial charge on any atom is -0.504 e. The van der Waals surface area contributed by atoms with Gasteiger partial charge in [-0.1, -0.05) is 12.7 Å². The van der Waals surface area contributed by atoms with Crippen LogP contribution in [0.15, 0.2) is 18.7 Å². The van der Waals surface area contributed by atoms with E-state index in [9.17, 15) is 9.90 Å². The fourth-order valence-corrected chi connectivity index (χ4v) is 1.03. The summed E-state index contributed by atoms with van der Waals surface area (Å²) in [5.74, 6) is 0.280. The van der Waals surface area contributed by atoms with Crippen molar-refractivity contribution in [3.05, 3.63) is 29.8 Å². The van der Waals surface area contributed by atoms with Crippen LogP contribution in [0, 0.1) is 0 Å². The Labute approximate surface area is 76.3 Å². The molecular weight excluding hydrogens is 168 g/mol. The topological polar surface area (TPSA) is 46.5 Å². The predicted octanol–water partition coefficient (Wildman–Crippen LogP) is 1.86. The summed E-state index contributed by atoms with van der Waals surface area (Å²) in [6.45, 7) is 3.51. The lowest BCUT2D eigenvalue weighted by atomic mass is 10.1. The van der Waals surface area contributed by atoms with E-state index >= 15 is 0 Å². The number of hydrogen-bond acceptors (Lipinski definition) is 3. The van der Waals surface area contributed by atoms with E-state index in [2.05, 4.69) is 6.58 Å². The van der Waals surface area contributed by atoms with Crippen LogP contribution in [0.1, 0.15) is 15.9 Å². The Hall–Kier alpha value is -1.77. The minimum atomic E-state index is 0.00287. The van der Waals surface area contributed by atoms with E-state index in [4.69, 9.17) is 4.74 Å². The van der Waals surface area contributed by atoms with Gasteiger partial charge in [0.15, 0.2) is 11.5 Å². The predicted molar refractivity (Wildman–Crippen MR) is 50.1 cm³/mol. The summed E-state index contributed by atoms with van der Waals surface area (Å²) in [5, 5.41) is 9.50. The molecule has 0 saturated carbocycles. The summed E-state index contributed by atoms with van der Waals surface area (Å²) in [6, 6.07) is 3.01. The maximum Gasteiger partial charge on any atom is 0.165 e. The van der Waals surface area contributed by atoms with Crippen molar-refractivity contribution in [3.63, 3.8) is 0 Å². The van der Waals surface area contributed by atoms with Crippen LogP contribution < -0.4 is 4.74 Å². The number of carbonyl (C=O) groups excluding carboxylic acids is 1. The van der Waals surface area contributed by atoms with Crippen LogP contribution in [-0.2, 0) is 0 Å². The van der Waals surface area contributed by atoms with Gasteiger partial charge in [-0.05, 0) is 12.1 Å². The average Bonchev–Trinajstić information content (AvgIpc) is 2.18. The fraction of sp³-hybridized carbons (Fsp3) is 0.100. The molecule has 3 nitrogen and oxygen atoms in total. The molecule has 0 radical (unpaired) electrons. The molecule has 0 amide bonds. The second-order valence-electron chi connectivity index (χ2n) is 2.48. The molecule has 0 saturated heterocycles. The Morgan fingerprint density at radius 2 is 2.23 bits per heavy atom. The van der Waals surface area contributed by atoms with E-state index in [1.54, 1.807) is 0 Å². The molecule has 0 spiro atoms. The van der Waals surface area contributed by atoms with Crippen LogP contribution in [0.25, 0.3) is 6.08 Å². The van der Waals surface area contributed by atoms with Gasteiger partial charge in [-0.15, -0.1) is 0 Å². The number of methoxy groups -OCH3 is 1. The van der Waals surface area contributed by atoms with Crippen LogP contribution in [0.3, 0.4) is 0 Å². The molecule has 68 valence electrons. The van der Waals surface area contributed by atoms with Gasteiger partial charge in [-0.2, -0.15) is 0 Å². The highest BCUT2D eigenvalue weighted by Crippen LogP contribution is 2.31. The highest BCUT2D eigenvalue weighted by atomic mass is 16.5. The maximum atomic E-state index is 10.5. The fourth-order valence-electron chi connectivity index (χ4n) is 1.03. The summed E-state index contributed by atoms with van der Waals surface area (Å²) >= 11 is 0. The van der Waals surface area contributed by atoms with E-state index in [0.29, 0.717) is 17.4 Å². The Bertz CT molecular complexity index is 342. The zero-order chi connectivity index (χ0) is 9.84. The van der Waals surface area contributed by atoms with Gasteiger partial charge in [0.1, 0.15) is 6.29 Å².